The standard InChI is InChI=1S/C9H19N/c1-4-5-7-10-8-6-9(2)3/h8-9H,4-7H2,1-3H3/b10-8+. The molecule has 0 spiro atoms. The molecule has 0 atom stereocenters. The summed E-state index contributed by atoms with van der Waals surface area (Å²) in [6.07, 6.45) is 5.66. The first kappa shape index (κ1) is 9.67. The molecule has 0 aromatic carbocycles. The van der Waals surface area contributed by atoms with Crippen LogP contribution >= 0.6 is 0 Å². The Morgan fingerprint density at radius 1 is 1.40 bits per heavy atom. The van der Waals surface area contributed by atoms with Gasteiger partial charge in [-0.05, 0) is 25.0 Å². The number of nitrogens with zero attached hydrogens (tertiary/aromatic N) is 1. The second-order valence-corrected chi connectivity index (χ2v) is 3.07. The molecular formula is C9H19N. The lowest BCUT2D eigenvalue weighted by Crippen LogP contribution is -1.88. The molecule has 0 unspecified atom stereocenters. The van der Waals surface area contributed by atoms with Crippen molar-refractivity contribution in [1.29, 1.82) is 0 Å². The zero-order valence-electron chi connectivity index (χ0n) is 7.43. The second-order valence-electron chi connectivity index (χ2n) is 3.07. The van der Waals surface area contributed by atoms with E-state index in [1.54, 1.807) is 0 Å². The summed E-state index contributed by atoms with van der Waals surface area (Å²) < 4.78 is 0. The van der Waals surface area contributed by atoms with Gasteiger partial charge in [-0.15, -0.1) is 0 Å². The van der Waals surface area contributed by atoms with E-state index < -0.39 is 0 Å². The predicted octanol–water partition coefficient (Wildman–Crippen LogP) is 2.90. The molecule has 0 amide bonds. The number of hydrogen-bond acceptors (Lipinski definition) is 1. The quantitative estimate of drug-likeness (QED) is 0.412. The Labute approximate surface area is 64.6 Å². The van der Waals surface area contributed by atoms with E-state index >= 15 is 0 Å². The summed E-state index contributed by atoms with van der Waals surface area (Å²) in [4.78, 5) is 4.28. The van der Waals surface area contributed by atoms with Crippen molar-refractivity contribution in [3.8, 4) is 0 Å². The van der Waals surface area contributed by atoms with Crippen LogP contribution in [0.1, 0.15) is 40.0 Å². The van der Waals surface area contributed by atoms with Crippen molar-refractivity contribution in [1.82, 2.24) is 0 Å². The van der Waals surface area contributed by atoms with Crippen LogP contribution in [-0.2, 0) is 0 Å². The Balaban J connectivity index is 3.04. The highest BCUT2D eigenvalue weighted by molar-refractivity contribution is 5.57. The molecule has 0 fully saturated rings. The van der Waals surface area contributed by atoms with E-state index in [0.29, 0.717) is 0 Å². The Morgan fingerprint density at radius 2 is 2.10 bits per heavy atom. The maximum atomic E-state index is 4.28. The summed E-state index contributed by atoms with van der Waals surface area (Å²) in [6.45, 7) is 7.64. The molecule has 0 heterocycles. The highest BCUT2D eigenvalue weighted by atomic mass is 14.7. The summed E-state index contributed by atoms with van der Waals surface area (Å²) in [6, 6.07) is 0. The van der Waals surface area contributed by atoms with Crippen LogP contribution < -0.4 is 0 Å². The van der Waals surface area contributed by atoms with E-state index in [1.807, 2.05) is 0 Å². The van der Waals surface area contributed by atoms with Gasteiger partial charge in [-0.2, -0.15) is 0 Å². The number of aliphatic imine (C=N–C) groups is 1. The third-order valence-corrected chi connectivity index (χ3v) is 1.35. The van der Waals surface area contributed by atoms with Gasteiger partial charge in [0.1, 0.15) is 0 Å². The lowest BCUT2D eigenvalue weighted by molar-refractivity contribution is 0.687. The van der Waals surface area contributed by atoms with Crippen LogP contribution in [-0.4, -0.2) is 12.8 Å². The van der Waals surface area contributed by atoms with Gasteiger partial charge in [-0.1, -0.05) is 27.2 Å². The van der Waals surface area contributed by atoms with Crippen molar-refractivity contribution in [3.63, 3.8) is 0 Å². The number of rotatable bonds is 5. The SMILES string of the molecule is CCCC/N=C/CC(C)C. The van der Waals surface area contributed by atoms with Crippen molar-refractivity contribution >= 4 is 6.21 Å². The molecule has 0 bridgehead atoms. The van der Waals surface area contributed by atoms with Crippen LogP contribution in [0.4, 0.5) is 0 Å². The van der Waals surface area contributed by atoms with Gasteiger partial charge in [-0.25, -0.2) is 0 Å². The third kappa shape index (κ3) is 7.67. The molecule has 0 aromatic heterocycles. The molecule has 0 aliphatic heterocycles. The smallest absolute Gasteiger partial charge is 0.0385 e. The Kier molecular flexibility index (Phi) is 6.56. The average Bonchev–Trinajstić information content (AvgIpc) is 1.87. The normalized spacial score (nSPS) is 11.6. The van der Waals surface area contributed by atoms with Gasteiger partial charge in [-0.3, -0.25) is 4.99 Å². The molecule has 0 rings (SSSR count). The second kappa shape index (κ2) is 6.79. The van der Waals surface area contributed by atoms with E-state index in [0.717, 1.165) is 18.9 Å². The molecule has 0 N–H and O–H groups in total. The number of hydrogen-bond donors (Lipinski definition) is 0. The van der Waals surface area contributed by atoms with Gasteiger partial charge >= 0.3 is 0 Å². The summed E-state index contributed by atoms with van der Waals surface area (Å²) in [5.74, 6) is 0.755. The molecule has 0 radical (unpaired) electrons. The summed E-state index contributed by atoms with van der Waals surface area (Å²) >= 11 is 0. The van der Waals surface area contributed by atoms with Crippen molar-refractivity contribution in [2.24, 2.45) is 10.9 Å². The first-order valence-corrected chi connectivity index (χ1v) is 4.25. The lowest BCUT2D eigenvalue weighted by Gasteiger charge is -1.95. The maximum absolute atomic E-state index is 4.28. The van der Waals surface area contributed by atoms with Crippen LogP contribution in [0.15, 0.2) is 4.99 Å². The molecule has 0 saturated heterocycles. The first-order valence-electron chi connectivity index (χ1n) is 4.25. The largest absolute Gasteiger partial charge is 0.298 e. The van der Waals surface area contributed by atoms with Gasteiger partial charge in [0.15, 0.2) is 0 Å². The van der Waals surface area contributed by atoms with Crippen LogP contribution in [0.2, 0.25) is 0 Å². The fraction of sp³-hybridized carbons (Fsp3) is 0.889. The minimum Gasteiger partial charge on any atom is -0.298 e. The van der Waals surface area contributed by atoms with Crippen molar-refractivity contribution in [2.45, 2.75) is 40.0 Å². The summed E-state index contributed by atoms with van der Waals surface area (Å²) in [5.41, 5.74) is 0. The van der Waals surface area contributed by atoms with Gasteiger partial charge in [0.25, 0.3) is 0 Å². The molecule has 60 valence electrons. The molecule has 0 saturated carbocycles. The van der Waals surface area contributed by atoms with E-state index in [1.165, 1.54) is 12.8 Å². The Hall–Kier alpha value is -0.330. The van der Waals surface area contributed by atoms with Crippen LogP contribution in [0.25, 0.3) is 0 Å². The van der Waals surface area contributed by atoms with Gasteiger partial charge in [0.05, 0.1) is 0 Å². The van der Waals surface area contributed by atoms with Gasteiger partial charge in [0.2, 0.25) is 0 Å². The average molecular weight is 141 g/mol. The van der Waals surface area contributed by atoms with Gasteiger partial charge in [0, 0.05) is 6.54 Å². The molecular weight excluding hydrogens is 122 g/mol. The minimum atomic E-state index is 0.755. The Morgan fingerprint density at radius 3 is 2.60 bits per heavy atom. The van der Waals surface area contributed by atoms with Crippen molar-refractivity contribution < 1.29 is 0 Å². The molecule has 10 heavy (non-hydrogen) atoms. The molecule has 0 aromatic rings. The summed E-state index contributed by atoms with van der Waals surface area (Å²) in [5, 5.41) is 0. The molecule has 1 heteroatoms. The Bertz CT molecular complexity index is 84.7. The topological polar surface area (TPSA) is 12.4 Å². The lowest BCUT2D eigenvalue weighted by atomic mass is 10.1. The zero-order chi connectivity index (χ0) is 7.82. The fourth-order valence-corrected chi connectivity index (χ4v) is 0.626. The van der Waals surface area contributed by atoms with Crippen LogP contribution in [0.5, 0.6) is 0 Å². The highest BCUT2D eigenvalue weighted by Gasteiger charge is 1.86. The molecule has 0 aliphatic carbocycles. The third-order valence-electron chi connectivity index (χ3n) is 1.35. The predicted molar refractivity (Wildman–Crippen MR) is 47.7 cm³/mol. The monoisotopic (exact) mass is 141 g/mol. The molecule has 0 aliphatic rings. The van der Waals surface area contributed by atoms with Gasteiger partial charge < -0.3 is 0 Å². The number of unbranched alkanes of at least 4 members (excludes halogenated alkanes) is 1. The summed E-state index contributed by atoms with van der Waals surface area (Å²) in [7, 11) is 0. The van der Waals surface area contributed by atoms with Crippen molar-refractivity contribution in [3.05, 3.63) is 0 Å². The fourth-order valence-electron chi connectivity index (χ4n) is 0.626. The van der Waals surface area contributed by atoms with Crippen LogP contribution in [0.3, 0.4) is 0 Å². The van der Waals surface area contributed by atoms with E-state index in [4.69, 9.17) is 0 Å². The highest BCUT2D eigenvalue weighted by Crippen LogP contribution is 1.95. The minimum absolute atomic E-state index is 0.755. The first-order chi connectivity index (χ1) is 4.77. The zero-order valence-corrected chi connectivity index (χ0v) is 7.43. The maximum Gasteiger partial charge on any atom is 0.0385 e. The van der Waals surface area contributed by atoms with E-state index in [2.05, 4.69) is 32.0 Å². The van der Waals surface area contributed by atoms with Crippen molar-refractivity contribution in [2.75, 3.05) is 6.54 Å². The van der Waals surface area contributed by atoms with E-state index in [9.17, 15) is 0 Å². The van der Waals surface area contributed by atoms with Crippen LogP contribution in [0, 0.1) is 5.92 Å². The van der Waals surface area contributed by atoms with E-state index in [-0.39, 0.29) is 0 Å². The molecule has 1 nitrogen and oxygen atoms in total.